The number of benzene rings is 2. The number of quaternary nitrogens is 2. The van der Waals surface area contributed by atoms with Crippen LogP contribution in [-0.2, 0) is 17.9 Å². The number of anilines is 2. The van der Waals surface area contributed by atoms with Gasteiger partial charge in [0.05, 0.1) is 5.69 Å². The van der Waals surface area contributed by atoms with Crippen LogP contribution < -0.4 is 14.7 Å². The van der Waals surface area contributed by atoms with E-state index in [0.29, 0.717) is 0 Å². The van der Waals surface area contributed by atoms with Crippen molar-refractivity contribution in [1.82, 2.24) is 4.98 Å². The molecule has 0 aliphatic carbocycles. The molecule has 30 heavy (non-hydrogen) atoms. The van der Waals surface area contributed by atoms with Gasteiger partial charge in [-0.15, -0.1) is 11.3 Å². The number of amides is 1. The Morgan fingerprint density at radius 2 is 1.70 bits per heavy atom. The van der Waals surface area contributed by atoms with Gasteiger partial charge in [-0.05, 0) is 19.1 Å². The van der Waals surface area contributed by atoms with Gasteiger partial charge < -0.3 is 9.80 Å². The van der Waals surface area contributed by atoms with E-state index in [2.05, 4.69) is 36.6 Å². The predicted molar refractivity (Wildman–Crippen MR) is 121 cm³/mol. The average molecular weight is 423 g/mol. The summed E-state index contributed by atoms with van der Waals surface area (Å²) < 4.78 is 0. The van der Waals surface area contributed by atoms with E-state index in [1.807, 2.05) is 30.3 Å². The first-order valence-corrected chi connectivity index (χ1v) is 11.5. The monoisotopic (exact) mass is 422 g/mol. The molecule has 2 N–H and O–H groups in total. The van der Waals surface area contributed by atoms with Gasteiger partial charge in [0.25, 0.3) is 0 Å². The minimum absolute atomic E-state index is 0.0113. The Labute approximate surface area is 182 Å². The number of nitrogens with zero attached hydrogens (tertiary/aromatic N) is 2. The summed E-state index contributed by atoms with van der Waals surface area (Å²) in [6.45, 7) is 10.5. The summed E-state index contributed by atoms with van der Waals surface area (Å²) in [6, 6.07) is 18.6. The molecule has 0 atom stereocenters. The summed E-state index contributed by atoms with van der Waals surface area (Å²) >= 11 is 1.55. The van der Waals surface area contributed by atoms with Crippen LogP contribution in [0.5, 0.6) is 0 Å². The Balaban J connectivity index is 1.34. The molecule has 2 aromatic carbocycles. The minimum Gasteiger partial charge on any atom is -0.322 e. The van der Waals surface area contributed by atoms with Crippen molar-refractivity contribution in [2.24, 2.45) is 0 Å². The van der Waals surface area contributed by atoms with Crippen molar-refractivity contribution in [1.29, 1.82) is 0 Å². The van der Waals surface area contributed by atoms with E-state index >= 15 is 0 Å². The van der Waals surface area contributed by atoms with Crippen molar-refractivity contribution < 1.29 is 14.6 Å². The number of para-hydroxylation sites is 1. The van der Waals surface area contributed by atoms with Crippen molar-refractivity contribution in [3.63, 3.8) is 0 Å². The smallest absolute Gasteiger partial charge is 0.230 e. The lowest BCUT2D eigenvalue weighted by molar-refractivity contribution is -1.02. The molecule has 1 aliphatic heterocycles. The maximum atomic E-state index is 12.2. The van der Waals surface area contributed by atoms with Crippen LogP contribution in [0.4, 0.5) is 10.8 Å². The summed E-state index contributed by atoms with van der Waals surface area (Å²) in [6.07, 6.45) is 0. The summed E-state index contributed by atoms with van der Waals surface area (Å²) in [4.78, 5) is 22.0. The van der Waals surface area contributed by atoms with Gasteiger partial charge in [0, 0.05) is 17.9 Å². The van der Waals surface area contributed by atoms with E-state index in [1.165, 1.54) is 24.2 Å². The third-order valence-electron chi connectivity index (χ3n) is 5.69. The molecular formula is C24H30N4OS+2. The molecule has 1 aromatic heterocycles. The van der Waals surface area contributed by atoms with Crippen LogP contribution in [0.1, 0.15) is 23.7 Å². The highest BCUT2D eigenvalue weighted by Crippen LogP contribution is 2.28. The highest BCUT2D eigenvalue weighted by Gasteiger charge is 2.25. The van der Waals surface area contributed by atoms with Crippen LogP contribution in [0.25, 0.3) is 0 Å². The van der Waals surface area contributed by atoms with Gasteiger partial charge in [-0.3, -0.25) is 9.69 Å². The first-order valence-electron chi connectivity index (χ1n) is 10.6. The lowest BCUT2D eigenvalue weighted by Crippen LogP contribution is -3.27. The highest BCUT2D eigenvalue weighted by molar-refractivity contribution is 7.14. The molecule has 2 heterocycles. The molecule has 4 rings (SSSR count). The molecule has 5 nitrogen and oxygen atoms in total. The first kappa shape index (κ1) is 20.7. The van der Waals surface area contributed by atoms with Crippen LogP contribution in [0.3, 0.4) is 0 Å². The summed E-state index contributed by atoms with van der Waals surface area (Å²) in [5.74, 6) is -0.0113. The fourth-order valence-electron chi connectivity index (χ4n) is 4.16. The summed E-state index contributed by atoms with van der Waals surface area (Å²) in [5.41, 5.74) is 4.72. The number of carbonyl (C=O) groups excluding carboxylic acids is 1. The van der Waals surface area contributed by atoms with E-state index in [-0.39, 0.29) is 5.91 Å². The number of nitrogens with one attached hydrogen (secondary N) is 2. The fraction of sp³-hybridized carbons (Fsp3) is 0.333. The maximum Gasteiger partial charge on any atom is 0.230 e. The van der Waals surface area contributed by atoms with Crippen molar-refractivity contribution in [3.05, 3.63) is 76.8 Å². The minimum atomic E-state index is -0.0113. The second-order valence-corrected chi connectivity index (χ2v) is 8.99. The zero-order chi connectivity index (χ0) is 20.9. The van der Waals surface area contributed by atoms with Crippen LogP contribution in [0, 0.1) is 6.92 Å². The second kappa shape index (κ2) is 9.51. The molecule has 0 spiro atoms. The maximum absolute atomic E-state index is 12.2. The normalized spacial score (nSPS) is 18.9. The van der Waals surface area contributed by atoms with Gasteiger partial charge in [-0.2, -0.15) is 0 Å². The second-order valence-electron chi connectivity index (χ2n) is 8.15. The number of hydrogen-bond donors (Lipinski definition) is 2. The van der Waals surface area contributed by atoms with Gasteiger partial charge in [0.1, 0.15) is 45.0 Å². The Bertz CT molecular complexity index is 980. The molecule has 1 saturated heterocycles. The van der Waals surface area contributed by atoms with Crippen molar-refractivity contribution >= 4 is 28.1 Å². The Morgan fingerprint density at radius 1 is 1.00 bits per heavy atom. The van der Waals surface area contributed by atoms with E-state index in [1.54, 1.807) is 33.0 Å². The molecule has 3 aromatic rings. The molecule has 1 aliphatic rings. The SMILES string of the molecule is CC(=O)N(c1ccccc1)c1nc(C[NH+]2CC[NH+](Cc3cccc(C)c3)CC2)cs1. The molecule has 156 valence electrons. The zero-order valence-corrected chi connectivity index (χ0v) is 18.5. The van der Waals surface area contributed by atoms with E-state index in [4.69, 9.17) is 4.98 Å². The summed E-state index contributed by atoms with van der Waals surface area (Å²) in [7, 11) is 0. The Hall–Kier alpha value is -2.54. The Kier molecular flexibility index (Phi) is 6.57. The van der Waals surface area contributed by atoms with Crippen LogP contribution in [-0.4, -0.2) is 37.1 Å². The number of thiazole rings is 1. The lowest BCUT2D eigenvalue weighted by atomic mass is 10.1. The molecular weight excluding hydrogens is 392 g/mol. The van der Waals surface area contributed by atoms with Gasteiger partial charge in [-0.1, -0.05) is 48.0 Å². The third kappa shape index (κ3) is 5.14. The van der Waals surface area contributed by atoms with Gasteiger partial charge >= 0.3 is 0 Å². The number of rotatable bonds is 6. The molecule has 1 fully saturated rings. The first-order chi connectivity index (χ1) is 14.6. The lowest BCUT2D eigenvalue weighted by Gasteiger charge is -2.29. The molecule has 6 heteroatoms. The van der Waals surface area contributed by atoms with Crippen molar-refractivity contribution in [2.45, 2.75) is 26.9 Å². The molecule has 0 unspecified atom stereocenters. The van der Waals surface area contributed by atoms with Crippen molar-refractivity contribution in [2.75, 3.05) is 31.1 Å². The number of aromatic nitrogens is 1. The zero-order valence-electron chi connectivity index (χ0n) is 17.7. The van der Waals surface area contributed by atoms with Gasteiger partial charge in [0.15, 0.2) is 5.13 Å². The number of aryl methyl sites for hydroxylation is 1. The molecule has 1 amide bonds. The predicted octanol–water partition coefficient (Wildman–Crippen LogP) is 1.62. The number of hydrogen-bond acceptors (Lipinski definition) is 3. The van der Waals surface area contributed by atoms with Gasteiger partial charge in [-0.25, -0.2) is 4.98 Å². The van der Waals surface area contributed by atoms with E-state index in [9.17, 15) is 4.79 Å². The summed E-state index contributed by atoms with van der Waals surface area (Å²) in [5, 5.41) is 2.86. The van der Waals surface area contributed by atoms with Crippen molar-refractivity contribution in [3.8, 4) is 0 Å². The van der Waals surface area contributed by atoms with E-state index in [0.717, 1.165) is 42.7 Å². The quantitative estimate of drug-likeness (QED) is 0.634. The number of carbonyl (C=O) groups is 1. The van der Waals surface area contributed by atoms with Crippen LogP contribution in [0.15, 0.2) is 60.0 Å². The molecule has 0 bridgehead atoms. The largest absolute Gasteiger partial charge is 0.322 e. The third-order valence-corrected chi connectivity index (χ3v) is 6.57. The van der Waals surface area contributed by atoms with Gasteiger partial charge in [0.2, 0.25) is 5.91 Å². The molecule has 0 radical (unpaired) electrons. The Morgan fingerprint density at radius 3 is 2.37 bits per heavy atom. The highest BCUT2D eigenvalue weighted by atomic mass is 32.1. The van der Waals surface area contributed by atoms with Crippen LogP contribution in [0.2, 0.25) is 0 Å². The fourth-order valence-corrected chi connectivity index (χ4v) is 5.05. The van der Waals surface area contributed by atoms with E-state index < -0.39 is 0 Å². The topological polar surface area (TPSA) is 42.1 Å². The average Bonchev–Trinajstić information content (AvgIpc) is 3.18. The molecule has 0 saturated carbocycles. The van der Waals surface area contributed by atoms with Crippen LogP contribution >= 0.6 is 11.3 Å². The standard InChI is InChI=1S/C24H28N4OS/c1-19-7-6-8-21(15-19)16-26-11-13-27(14-12-26)17-22-18-30-24(25-22)28(20(2)29)23-9-4-3-5-10-23/h3-10,15,18H,11-14,16-17H2,1-2H3/p+2. The number of piperazine rings is 1.